The zero-order valence-corrected chi connectivity index (χ0v) is 9.69. The molecule has 3 atom stereocenters. The number of hydrogen-bond donors (Lipinski definition) is 2. The summed E-state index contributed by atoms with van der Waals surface area (Å²) in [5.41, 5.74) is 2.22. The molecule has 5 nitrogen and oxygen atoms in total. The summed E-state index contributed by atoms with van der Waals surface area (Å²) in [6, 6.07) is -0.135. The van der Waals surface area contributed by atoms with Crippen molar-refractivity contribution in [3.05, 3.63) is 0 Å². The minimum Gasteiger partial charge on any atom is -0.373 e. The van der Waals surface area contributed by atoms with Crippen LogP contribution in [0.1, 0.15) is 27.2 Å². The number of nitrogens with one attached hydrogen (secondary N) is 1. The van der Waals surface area contributed by atoms with Gasteiger partial charge in [0.15, 0.2) is 0 Å². The van der Waals surface area contributed by atoms with Gasteiger partial charge in [-0.3, -0.25) is 15.1 Å². The van der Waals surface area contributed by atoms with Gasteiger partial charge >= 0.3 is 0 Å². The van der Waals surface area contributed by atoms with Crippen LogP contribution < -0.4 is 11.3 Å². The number of carbonyl (C=O) groups is 1. The Morgan fingerprint density at radius 2 is 2.07 bits per heavy atom. The largest absolute Gasteiger partial charge is 0.373 e. The van der Waals surface area contributed by atoms with Gasteiger partial charge in [0, 0.05) is 13.1 Å². The zero-order chi connectivity index (χ0) is 11.4. The van der Waals surface area contributed by atoms with Crippen LogP contribution in [0, 0.1) is 0 Å². The van der Waals surface area contributed by atoms with Crippen LogP contribution in [0.4, 0.5) is 0 Å². The molecule has 0 aromatic heterocycles. The lowest BCUT2D eigenvalue weighted by molar-refractivity contribution is -0.133. The molecule has 1 aliphatic rings. The summed E-state index contributed by atoms with van der Waals surface area (Å²) in [5, 5.41) is 0. The van der Waals surface area contributed by atoms with Crippen molar-refractivity contribution in [2.75, 3.05) is 13.1 Å². The van der Waals surface area contributed by atoms with Gasteiger partial charge in [0.1, 0.15) is 0 Å². The Hall–Kier alpha value is -0.650. The van der Waals surface area contributed by atoms with Crippen LogP contribution in [0.25, 0.3) is 0 Å². The molecule has 1 aliphatic heterocycles. The molecule has 88 valence electrons. The Kier molecular flexibility index (Phi) is 4.50. The second-order valence-corrected chi connectivity index (χ2v) is 4.14. The van der Waals surface area contributed by atoms with E-state index in [9.17, 15) is 4.79 Å². The van der Waals surface area contributed by atoms with E-state index >= 15 is 0 Å². The first-order valence-electron chi connectivity index (χ1n) is 5.48. The molecule has 0 aromatic carbocycles. The molecule has 15 heavy (non-hydrogen) atoms. The predicted octanol–water partition coefficient (Wildman–Crippen LogP) is -0.136. The predicted molar refractivity (Wildman–Crippen MR) is 58.0 cm³/mol. The fourth-order valence-corrected chi connectivity index (χ4v) is 2.18. The molecule has 0 spiro atoms. The maximum atomic E-state index is 11.5. The minimum absolute atomic E-state index is 0.112. The van der Waals surface area contributed by atoms with E-state index in [-0.39, 0.29) is 24.2 Å². The summed E-state index contributed by atoms with van der Waals surface area (Å²) < 4.78 is 5.62. The maximum absolute atomic E-state index is 11.5. The van der Waals surface area contributed by atoms with Crippen LogP contribution in [-0.2, 0) is 9.53 Å². The molecule has 3 N–H and O–H groups in total. The number of ether oxygens (including phenoxy) is 1. The highest BCUT2D eigenvalue weighted by atomic mass is 16.5. The van der Waals surface area contributed by atoms with E-state index < -0.39 is 0 Å². The van der Waals surface area contributed by atoms with E-state index in [4.69, 9.17) is 10.6 Å². The van der Waals surface area contributed by atoms with Crippen molar-refractivity contribution in [2.45, 2.75) is 45.4 Å². The van der Waals surface area contributed by atoms with Crippen molar-refractivity contribution >= 4 is 5.91 Å². The van der Waals surface area contributed by atoms with Crippen LogP contribution in [0.2, 0.25) is 0 Å². The zero-order valence-electron chi connectivity index (χ0n) is 9.69. The normalized spacial score (nSPS) is 29.9. The topological polar surface area (TPSA) is 67.6 Å². The van der Waals surface area contributed by atoms with Gasteiger partial charge in [-0.05, 0) is 20.3 Å². The lowest BCUT2D eigenvalue weighted by Gasteiger charge is -2.38. The number of rotatable bonds is 3. The van der Waals surface area contributed by atoms with E-state index in [0.717, 1.165) is 19.5 Å². The first-order valence-corrected chi connectivity index (χ1v) is 5.48. The van der Waals surface area contributed by atoms with Crippen LogP contribution in [0.5, 0.6) is 0 Å². The van der Waals surface area contributed by atoms with Gasteiger partial charge in [0.25, 0.3) is 5.91 Å². The molecule has 0 saturated carbocycles. The van der Waals surface area contributed by atoms with Gasteiger partial charge < -0.3 is 4.74 Å². The van der Waals surface area contributed by atoms with Crippen LogP contribution in [0.15, 0.2) is 0 Å². The molecule has 0 aromatic rings. The van der Waals surface area contributed by atoms with Crippen molar-refractivity contribution < 1.29 is 9.53 Å². The standard InChI is InChI=1S/C10H21N3O2/c1-4-9(10(14)12-11)13-5-7(2)15-8(3)6-13/h7-9H,4-6,11H2,1-3H3,(H,12,14)/t7-,8-,9+/m0/s1. The maximum Gasteiger partial charge on any atom is 0.251 e. The van der Waals surface area contributed by atoms with E-state index in [1.54, 1.807) is 0 Å². The van der Waals surface area contributed by atoms with E-state index in [1.807, 2.05) is 20.8 Å². The van der Waals surface area contributed by atoms with Gasteiger partial charge in [-0.2, -0.15) is 0 Å². The third-order valence-electron chi connectivity index (χ3n) is 2.72. The fourth-order valence-electron chi connectivity index (χ4n) is 2.18. The van der Waals surface area contributed by atoms with Gasteiger partial charge in [-0.25, -0.2) is 5.84 Å². The molecule has 1 heterocycles. The fraction of sp³-hybridized carbons (Fsp3) is 0.900. The van der Waals surface area contributed by atoms with Crippen molar-refractivity contribution in [3.63, 3.8) is 0 Å². The highest BCUT2D eigenvalue weighted by Crippen LogP contribution is 2.15. The molecule has 1 fully saturated rings. The first-order chi connectivity index (χ1) is 7.08. The van der Waals surface area contributed by atoms with Crippen molar-refractivity contribution in [3.8, 4) is 0 Å². The van der Waals surface area contributed by atoms with E-state index in [1.165, 1.54) is 0 Å². The molecule has 0 unspecified atom stereocenters. The number of morpholine rings is 1. The number of carbonyl (C=O) groups excluding carboxylic acids is 1. The van der Waals surface area contributed by atoms with Crippen molar-refractivity contribution in [1.29, 1.82) is 0 Å². The number of nitrogens with two attached hydrogens (primary N) is 1. The summed E-state index contributed by atoms with van der Waals surface area (Å²) in [6.45, 7) is 7.61. The molecule has 5 heteroatoms. The Labute approximate surface area is 90.9 Å². The third-order valence-corrected chi connectivity index (χ3v) is 2.72. The van der Waals surface area contributed by atoms with Gasteiger partial charge in [-0.15, -0.1) is 0 Å². The molecular formula is C10H21N3O2. The molecule has 0 radical (unpaired) electrons. The van der Waals surface area contributed by atoms with Crippen LogP contribution in [-0.4, -0.2) is 42.1 Å². The summed E-state index contributed by atoms with van der Waals surface area (Å²) >= 11 is 0. The number of amides is 1. The minimum atomic E-state index is -0.135. The molecule has 1 saturated heterocycles. The summed E-state index contributed by atoms with van der Waals surface area (Å²) in [4.78, 5) is 13.7. The second kappa shape index (κ2) is 5.44. The molecular weight excluding hydrogens is 194 g/mol. The third kappa shape index (κ3) is 3.15. The lowest BCUT2D eigenvalue weighted by atomic mass is 10.1. The van der Waals surface area contributed by atoms with E-state index in [2.05, 4.69) is 10.3 Å². The number of nitrogens with zero attached hydrogens (tertiary/aromatic N) is 1. The molecule has 0 aliphatic carbocycles. The van der Waals surface area contributed by atoms with Gasteiger partial charge in [0.2, 0.25) is 0 Å². The number of hydrogen-bond acceptors (Lipinski definition) is 4. The quantitative estimate of drug-likeness (QED) is 0.391. The lowest BCUT2D eigenvalue weighted by Crippen LogP contribution is -2.55. The smallest absolute Gasteiger partial charge is 0.251 e. The van der Waals surface area contributed by atoms with Crippen LogP contribution in [0.3, 0.4) is 0 Å². The molecule has 1 rings (SSSR count). The van der Waals surface area contributed by atoms with Crippen molar-refractivity contribution in [1.82, 2.24) is 10.3 Å². The number of hydrazine groups is 1. The Morgan fingerprint density at radius 3 is 2.47 bits per heavy atom. The summed E-state index contributed by atoms with van der Waals surface area (Å²) in [7, 11) is 0. The van der Waals surface area contributed by atoms with Crippen LogP contribution >= 0.6 is 0 Å². The Balaban J connectivity index is 2.63. The monoisotopic (exact) mass is 215 g/mol. The van der Waals surface area contributed by atoms with Crippen molar-refractivity contribution in [2.24, 2.45) is 5.84 Å². The molecule has 0 bridgehead atoms. The highest BCUT2D eigenvalue weighted by Gasteiger charge is 2.30. The average molecular weight is 215 g/mol. The Bertz CT molecular complexity index is 213. The van der Waals surface area contributed by atoms with E-state index in [0.29, 0.717) is 0 Å². The average Bonchev–Trinajstić information content (AvgIpc) is 2.17. The summed E-state index contributed by atoms with van der Waals surface area (Å²) in [5.74, 6) is 5.05. The summed E-state index contributed by atoms with van der Waals surface area (Å²) in [6.07, 6.45) is 1.12. The molecule has 1 amide bonds. The first kappa shape index (κ1) is 12.4. The highest BCUT2D eigenvalue weighted by molar-refractivity contribution is 5.81. The van der Waals surface area contributed by atoms with Gasteiger partial charge in [0.05, 0.1) is 18.2 Å². The van der Waals surface area contributed by atoms with Gasteiger partial charge in [-0.1, -0.05) is 6.92 Å². The second-order valence-electron chi connectivity index (χ2n) is 4.14. The SMILES string of the molecule is CC[C@H](C(=O)NN)N1C[C@H](C)O[C@@H](C)C1. The Morgan fingerprint density at radius 1 is 1.53 bits per heavy atom.